The number of amides is 1. The van der Waals surface area contributed by atoms with Crippen molar-refractivity contribution in [2.75, 3.05) is 6.54 Å². The van der Waals surface area contributed by atoms with Gasteiger partial charge in [0.2, 0.25) is 0 Å². The standard InChI is InChI=1S/C13H15ClN2O2/c1-13(2,3)18-12(17)16-6-4-5-10-7-11(14)9-15-8-10/h7-9H,6H2,1-3H3,(H,16,17). The van der Waals surface area contributed by atoms with Gasteiger partial charge in [0.05, 0.1) is 11.6 Å². The molecule has 0 fully saturated rings. The van der Waals surface area contributed by atoms with Gasteiger partial charge in [0.15, 0.2) is 0 Å². The van der Waals surface area contributed by atoms with E-state index in [1.165, 1.54) is 6.20 Å². The summed E-state index contributed by atoms with van der Waals surface area (Å²) in [7, 11) is 0. The van der Waals surface area contributed by atoms with Gasteiger partial charge in [0.1, 0.15) is 5.60 Å². The first-order valence-electron chi connectivity index (χ1n) is 5.43. The summed E-state index contributed by atoms with van der Waals surface area (Å²) < 4.78 is 5.06. The highest BCUT2D eigenvalue weighted by molar-refractivity contribution is 6.30. The van der Waals surface area contributed by atoms with Crippen LogP contribution in [0.5, 0.6) is 0 Å². The summed E-state index contributed by atoms with van der Waals surface area (Å²) in [5, 5.41) is 3.07. The lowest BCUT2D eigenvalue weighted by Gasteiger charge is -2.18. The maximum atomic E-state index is 11.3. The van der Waals surface area contributed by atoms with Gasteiger partial charge in [-0.2, -0.15) is 0 Å². The molecule has 5 heteroatoms. The second-order valence-electron chi connectivity index (χ2n) is 4.55. The number of carbonyl (C=O) groups is 1. The number of alkyl carbamates (subject to hydrolysis) is 1. The lowest BCUT2D eigenvalue weighted by Crippen LogP contribution is -2.32. The van der Waals surface area contributed by atoms with Crippen molar-refractivity contribution in [2.24, 2.45) is 0 Å². The molecule has 0 aliphatic rings. The van der Waals surface area contributed by atoms with Gasteiger partial charge in [-0.1, -0.05) is 23.4 Å². The van der Waals surface area contributed by atoms with Gasteiger partial charge in [-0.25, -0.2) is 4.79 Å². The van der Waals surface area contributed by atoms with Gasteiger partial charge in [-0.3, -0.25) is 4.98 Å². The fraction of sp³-hybridized carbons (Fsp3) is 0.385. The zero-order valence-electron chi connectivity index (χ0n) is 10.6. The molecule has 0 aromatic carbocycles. The van der Waals surface area contributed by atoms with E-state index < -0.39 is 11.7 Å². The zero-order chi connectivity index (χ0) is 13.6. The average molecular weight is 267 g/mol. The minimum absolute atomic E-state index is 0.210. The summed E-state index contributed by atoms with van der Waals surface area (Å²) in [4.78, 5) is 15.2. The molecule has 1 aromatic rings. The predicted octanol–water partition coefficient (Wildman–Crippen LogP) is 2.61. The summed E-state index contributed by atoms with van der Waals surface area (Å²) in [6.45, 7) is 5.61. The third-order valence-corrected chi connectivity index (χ3v) is 1.86. The highest BCUT2D eigenvalue weighted by Crippen LogP contribution is 2.07. The molecule has 0 unspecified atom stereocenters. The Labute approximate surface area is 112 Å². The van der Waals surface area contributed by atoms with Gasteiger partial charge in [0, 0.05) is 18.0 Å². The topological polar surface area (TPSA) is 51.2 Å². The number of aromatic nitrogens is 1. The lowest BCUT2D eigenvalue weighted by atomic mass is 10.2. The molecule has 18 heavy (non-hydrogen) atoms. The van der Waals surface area contributed by atoms with E-state index in [0.29, 0.717) is 10.6 Å². The van der Waals surface area contributed by atoms with Crippen molar-refractivity contribution in [3.05, 3.63) is 29.0 Å². The van der Waals surface area contributed by atoms with E-state index in [4.69, 9.17) is 16.3 Å². The molecule has 1 amide bonds. The molecule has 0 aliphatic carbocycles. The van der Waals surface area contributed by atoms with Crippen molar-refractivity contribution >= 4 is 17.7 Å². The second-order valence-corrected chi connectivity index (χ2v) is 4.99. The van der Waals surface area contributed by atoms with E-state index in [0.717, 1.165) is 0 Å². The highest BCUT2D eigenvalue weighted by atomic mass is 35.5. The Morgan fingerprint density at radius 3 is 2.83 bits per heavy atom. The highest BCUT2D eigenvalue weighted by Gasteiger charge is 2.14. The summed E-state index contributed by atoms with van der Waals surface area (Å²) >= 11 is 5.76. The number of nitrogens with zero attached hydrogens (tertiary/aromatic N) is 1. The monoisotopic (exact) mass is 266 g/mol. The molecule has 0 atom stereocenters. The molecule has 0 aliphatic heterocycles. The van der Waals surface area contributed by atoms with E-state index >= 15 is 0 Å². The maximum Gasteiger partial charge on any atom is 0.408 e. The van der Waals surface area contributed by atoms with Crippen LogP contribution < -0.4 is 5.32 Å². The van der Waals surface area contributed by atoms with Crippen LogP contribution in [0, 0.1) is 11.8 Å². The summed E-state index contributed by atoms with van der Waals surface area (Å²) in [5.41, 5.74) is 0.197. The summed E-state index contributed by atoms with van der Waals surface area (Å²) in [5.74, 6) is 5.62. The van der Waals surface area contributed by atoms with Crippen molar-refractivity contribution in [2.45, 2.75) is 26.4 Å². The van der Waals surface area contributed by atoms with Crippen molar-refractivity contribution in [3.63, 3.8) is 0 Å². The first-order valence-corrected chi connectivity index (χ1v) is 5.81. The Morgan fingerprint density at radius 2 is 2.22 bits per heavy atom. The molecule has 4 nitrogen and oxygen atoms in total. The van der Waals surface area contributed by atoms with Crippen molar-refractivity contribution < 1.29 is 9.53 Å². The van der Waals surface area contributed by atoms with Crippen LogP contribution in [0.4, 0.5) is 4.79 Å². The molecular formula is C13H15ClN2O2. The average Bonchev–Trinajstić information content (AvgIpc) is 2.22. The Morgan fingerprint density at radius 1 is 1.50 bits per heavy atom. The first kappa shape index (κ1) is 14.3. The SMILES string of the molecule is CC(C)(C)OC(=O)NCC#Cc1cncc(Cl)c1. The van der Waals surface area contributed by atoms with E-state index in [-0.39, 0.29) is 6.54 Å². The quantitative estimate of drug-likeness (QED) is 0.795. The lowest BCUT2D eigenvalue weighted by molar-refractivity contribution is 0.0535. The molecule has 0 saturated heterocycles. The molecule has 96 valence electrons. The molecule has 1 rings (SSSR count). The Hall–Kier alpha value is -1.73. The van der Waals surface area contributed by atoms with Gasteiger partial charge in [-0.15, -0.1) is 0 Å². The fourth-order valence-corrected chi connectivity index (χ4v) is 1.23. The maximum absolute atomic E-state index is 11.3. The minimum Gasteiger partial charge on any atom is -0.444 e. The van der Waals surface area contributed by atoms with Crippen LogP contribution in [0.2, 0.25) is 5.02 Å². The molecule has 0 saturated carbocycles. The Bertz CT molecular complexity index is 484. The van der Waals surface area contributed by atoms with E-state index in [9.17, 15) is 4.79 Å². The fourth-order valence-electron chi connectivity index (χ4n) is 1.06. The van der Waals surface area contributed by atoms with Gasteiger partial charge in [-0.05, 0) is 26.8 Å². The number of carbonyl (C=O) groups excluding carboxylic acids is 1. The van der Waals surface area contributed by atoms with E-state index in [1.807, 2.05) is 0 Å². The number of pyridine rings is 1. The normalized spacial score (nSPS) is 10.2. The zero-order valence-corrected chi connectivity index (χ0v) is 11.3. The Balaban J connectivity index is 2.41. The van der Waals surface area contributed by atoms with Gasteiger partial charge < -0.3 is 10.1 Å². The second kappa shape index (κ2) is 6.27. The largest absolute Gasteiger partial charge is 0.444 e. The van der Waals surface area contributed by atoms with Crippen molar-refractivity contribution in [3.8, 4) is 11.8 Å². The van der Waals surface area contributed by atoms with Crippen LogP contribution in [-0.4, -0.2) is 23.2 Å². The van der Waals surface area contributed by atoms with Crippen LogP contribution in [0.25, 0.3) is 0 Å². The molecule has 0 bridgehead atoms. The number of ether oxygens (including phenoxy) is 1. The number of hydrogen-bond acceptors (Lipinski definition) is 3. The number of hydrogen-bond donors (Lipinski definition) is 1. The third kappa shape index (κ3) is 6.12. The first-order chi connectivity index (χ1) is 8.37. The molecular weight excluding hydrogens is 252 g/mol. The predicted molar refractivity (Wildman–Crippen MR) is 70.4 cm³/mol. The molecule has 1 heterocycles. The molecule has 1 N–H and O–H groups in total. The number of rotatable bonds is 1. The van der Waals surface area contributed by atoms with Crippen LogP contribution >= 0.6 is 11.6 Å². The summed E-state index contributed by atoms with van der Waals surface area (Å²) in [6, 6.07) is 1.70. The molecule has 1 aromatic heterocycles. The third-order valence-electron chi connectivity index (χ3n) is 1.66. The van der Waals surface area contributed by atoms with Crippen LogP contribution in [0.1, 0.15) is 26.3 Å². The van der Waals surface area contributed by atoms with Crippen LogP contribution in [0.3, 0.4) is 0 Å². The van der Waals surface area contributed by atoms with Crippen LogP contribution in [-0.2, 0) is 4.74 Å². The number of nitrogens with one attached hydrogen (secondary N) is 1. The summed E-state index contributed by atoms with van der Waals surface area (Å²) in [6.07, 6.45) is 2.65. The van der Waals surface area contributed by atoms with Gasteiger partial charge in [0.25, 0.3) is 0 Å². The Kier molecular flexibility index (Phi) is 4.99. The smallest absolute Gasteiger partial charge is 0.408 e. The van der Waals surface area contributed by atoms with Crippen LogP contribution in [0.15, 0.2) is 18.5 Å². The molecule has 0 spiro atoms. The van der Waals surface area contributed by atoms with E-state index in [2.05, 4.69) is 22.1 Å². The molecule has 0 radical (unpaired) electrons. The van der Waals surface area contributed by atoms with Crippen molar-refractivity contribution in [1.82, 2.24) is 10.3 Å². The minimum atomic E-state index is -0.506. The van der Waals surface area contributed by atoms with Crippen molar-refractivity contribution in [1.29, 1.82) is 0 Å². The number of halogens is 1. The van der Waals surface area contributed by atoms with E-state index in [1.54, 1.807) is 33.0 Å². The van der Waals surface area contributed by atoms with Gasteiger partial charge >= 0.3 is 6.09 Å².